The van der Waals surface area contributed by atoms with Gasteiger partial charge in [0.2, 0.25) is 0 Å². The summed E-state index contributed by atoms with van der Waals surface area (Å²) in [5, 5.41) is 0. The summed E-state index contributed by atoms with van der Waals surface area (Å²) in [4.78, 5) is 15.4. The molecule has 0 spiro atoms. The molecule has 0 amide bonds. The molecule has 0 unspecified atom stereocenters. The Kier molecular flexibility index (Phi) is 2.37. The first kappa shape index (κ1) is 9.80. The number of carbonyl (C=O) groups is 1. The van der Waals surface area contributed by atoms with Crippen LogP contribution in [0.15, 0.2) is 18.7 Å². The number of fused-ring (bicyclic) bond motifs is 1. The second-order valence-corrected chi connectivity index (χ2v) is 3.89. The van der Waals surface area contributed by atoms with Crippen LogP contribution in [0.4, 0.5) is 4.79 Å². The van der Waals surface area contributed by atoms with Crippen molar-refractivity contribution < 1.29 is 19.0 Å². The van der Waals surface area contributed by atoms with E-state index in [9.17, 15) is 4.79 Å². The van der Waals surface area contributed by atoms with E-state index in [2.05, 4.69) is 4.98 Å². The lowest BCUT2D eigenvalue weighted by molar-refractivity contribution is 0.00512. The van der Waals surface area contributed by atoms with Crippen LogP contribution in [0.25, 0.3) is 0 Å². The van der Waals surface area contributed by atoms with E-state index in [1.54, 1.807) is 6.20 Å². The second-order valence-electron chi connectivity index (χ2n) is 3.89. The fourth-order valence-electron chi connectivity index (χ4n) is 2.09. The van der Waals surface area contributed by atoms with Crippen molar-refractivity contribution in [3.63, 3.8) is 0 Å². The van der Waals surface area contributed by atoms with Crippen molar-refractivity contribution in [2.45, 2.75) is 24.7 Å². The molecular formula is C10H12N2O4. The van der Waals surface area contributed by atoms with Gasteiger partial charge in [-0.3, -0.25) is 0 Å². The van der Waals surface area contributed by atoms with Crippen LogP contribution in [0, 0.1) is 0 Å². The Morgan fingerprint density at radius 3 is 3.25 bits per heavy atom. The first-order chi connectivity index (χ1) is 7.84. The zero-order valence-electron chi connectivity index (χ0n) is 8.61. The third-order valence-electron chi connectivity index (χ3n) is 2.89. The van der Waals surface area contributed by atoms with Crippen LogP contribution in [0.3, 0.4) is 0 Å². The van der Waals surface area contributed by atoms with Crippen LogP contribution in [0.5, 0.6) is 0 Å². The molecule has 3 atom stereocenters. The normalized spacial score (nSPS) is 32.6. The summed E-state index contributed by atoms with van der Waals surface area (Å²) in [7, 11) is 0. The maximum absolute atomic E-state index is 11.6. The maximum atomic E-state index is 11.6. The third-order valence-corrected chi connectivity index (χ3v) is 2.89. The predicted molar refractivity (Wildman–Crippen MR) is 52.0 cm³/mol. The number of hydrogen-bond acceptors (Lipinski definition) is 5. The lowest BCUT2D eigenvalue weighted by Crippen LogP contribution is -2.33. The number of carbonyl (C=O) groups excluding carboxylic acids is 1. The van der Waals surface area contributed by atoms with E-state index < -0.39 is 6.09 Å². The highest BCUT2D eigenvalue weighted by Crippen LogP contribution is 2.28. The van der Waals surface area contributed by atoms with Gasteiger partial charge in [-0.05, 0) is 6.42 Å². The number of aromatic nitrogens is 2. The molecular weight excluding hydrogens is 212 g/mol. The lowest BCUT2D eigenvalue weighted by Gasteiger charge is -2.16. The number of nitrogens with zero attached hydrogens (tertiary/aromatic N) is 2. The van der Waals surface area contributed by atoms with Crippen LogP contribution in [0.2, 0.25) is 0 Å². The predicted octanol–water partition coefficient (Wildman–Crippen LogP) is 0.424. The van der Waals surface area contributed by atoms with Gasteiger partial charge >= 0.3 is 6.09 Å². The van der Waals surface area contributed by atoms with E-state index in [1.165, 1.54) is 17.1 Å². The van der Waals surface area contributed by atoms with Crippen molar-refractivity contribution in [1.82, 2.24) is 9.55 Å². The number of ether oxygens (including phenoxy) is 3. The topological polar surface area (TPSA) is 62.6 Å². The van der Waals surface area contributed by atoms with Gasteiger partial charge in [-0.15, -0.1) is 0 Å². The molecule has 86 valence electrons. The Morgan fingerprint density at radius 2 is 2.44 bits per heavy atom. The van der Waals surface area contributed by atoms with Gasteiger partial charge in [0, 0.05) is 19.0 Å². The Labute approximate surface area is 92.1 Å². The Bertz CT molecular complexity index is 378. The molecule has 3 heterocycles. The largest absolute Gasteiger partial charge is 0.440 e. The summed E-state index contributed by atoms with van der Waals surface area (Å²) < 4.78 is 17.6. The zero-order chi connectivity index (χ0) is 11.0. The monoisotopic (exact) mass is 224 g/mol. The van der Waals surface area contributed by atoms with Gasteiger partial charge in [0.1, 0.15) is 12.4 Å². The Balaban J connectivity index is 1.65. The SMILES string of the molecule is O=C(O[C@@H]1CO[C@@H]2CCO[C@@H]21)n1ccnc1. The van der Waals surface area contributed by atoms with Crippen molar-refractivity contribution >= 4 is 6.09 Å². The van der Waals surface area contributed by atoms with Gasteiger partial charge < -0.3 is 14.2 Å². The van der Waals surface area contributed by atoms with Gasteiger partial charge in [0.15, 0.2) is 6.10 Å². The maximum Gasteiger partial charge on any atom is 0.419 e. The first-order valence-electron chi connectivity index (χ1n) is 5.27. The molecule has 3 rings (SSSR count). The molecule has 0 saturated carbocycles. The molecule has 0 aliphatic carbocycles. The van der Waals surface area contributed by atoms with E-state index in [0.717, 1.165) is 6.42 Å². The van der Waals surface area contributed by atoms with Crippen LogP contribution >= 0.6 is 0 Å². The van der Waals surface area contributed by atoms with E-state index in [0.29, 0.717) is 13.2 Å². The van der Waals surface area contributed by atoms with Gasteiger partial charge in [0.05, 0.1) is 12.7 Å². The summed E-state index contributed by atoms with van der Waals surface area (Å²) in [6.45, 7) is 1.09. The summed E-state index contributed by atoms with van der Waals surface area (Å²) >= 11 is 0. The van der Waals surface area contributed by atoms with E-state index in [-0.39, 0.29) is 18.3 Å². The molecule has 2 aliphatic rings. The molecule has 0 aromatic carbocycles. The quantitative estimate of drug-likeness (QED) is 0.692. The Morgan fingerprint density at radius 1 is 1.50 bits per heavy atom. The molecule has 0 bridgehead atoms. The van der Waals surface area contributed by atoms with Crippen LogP contribution < -0.4 is 0 Å². The van der Waals surface area contributed by atoms with Gasteiger partial charge in [-0.25, -0.2) is 14.3 Å². The highest BCUT2D eigenvalue weighted by atomic mass is 16.6. The summed E-state index contributed by atoms with van der Waals surface area (Å²) in [5.74, 6) is 0. The average molecular weight is 224 g/mol. The minimum Gasteiger partial charge on any atom is -0.440 e. The molecule has 2 aliphatic heterocycles. The second kappa shape index (κ2) is 3.88. The summed E-state index contributed by atoms with van der Waals surface area (Å²) in [6.07, 6.45) is 4.60. The van der Waals surface area contributed by atoms with Gasteiger partial charge in [-0.1, -0.05) is 0 Å². The highest BCUT2D eigenvalue weighted by molar-refractivity contribution is 5.70. The molecule has 1 aromatic heterocycles. The van der Waals surface area contributed by atoms with Crippen molar-refractivity contribution in [2.75, 3.05) is 13.2 Å². The molecule has 2 saturated heterocycles. The van der Waals surface area contributed by atoms with E-state index >= 15 is 0 Å². The van der Waals surface area contributed by atoms with E-state index in [4.69, 9.17) is 14.2 Å². The fraction of sp³-hybridized carbons (Fsp3) is 0.600. The first-order valence-corrected chi connectivity index (χ1v) is 5.27. The van der Waals surface area contributed by atoms with E-state index in [1.807, 2.05) is 0 Å². The molecule has 0 N–H and O–H groups in total. The minimum atomic E-state index is -0.442. The van der Waals surface area contributed by atoms with Crippen molar-refractivity contribution in [3.05, 3.63) is 18.7 Å². The van der Waals surface area contributed by atoms with Crippen molar-refractivity contribution in [2.24, 2.45) is 0 Å². The van der Waals surface area contributed by atoms with Crippen molar-refractivity contribution in [3.8, 4) is 0 Å². The summed E-state index contributed by atoms with van der Waals surface area (Å²) in [6, 6.07) is 0. The van der Waals surface area contributed by atoms with Crippen LogP contribution in [-0.2, 0) is 14.2 Å². The zero-order valence-corrected chi connectivity index (χ0v) is 8.61. The Hall–Kier alpha value is -1.40. The molecule has 0 radical (unpaired) electrons. The van der Waals surface area contributed by atoms with Crippen LogP contribution in [0.1, 0.15) is 6.42 Å². The summed E-state index contributed by atoms with van der Waals surface area (Å²) in [5.41, 5.74) is 0. The molecule has 16 heavy (non-hydrogen) atoms. The van der Waals surface area contributed by atoms with Crippen LogP contribution in [-0.4, -0.2) is 47.2 Å². The number of imidazole rings is 1. The number of hydrogen-bond donors (Lipinski definition) is 0. The fourth-order valence-corrected chi connectivity index (χ4v) is 2.09. The van der Waals surface area contributed by atoms with Gasteiger partial charge in [-0.2, -0.15) is 0 Å². The standard InChI is InChI=1S/C10H12N2O4/c13-10(12-3-2-11-6-12)16-8-5-15-7-1-4-14-9(7)8/h2-3,6-9H,1,4-5H2/t7-,8-,9+/m1/s1. The minimum absolute atomic E-state index is 0.0839. The highest BCUT2D eigenvalue weighted by Gasteiger charge is 2.44. The third kappa shape index (κ3) is 1.60. The molecule has 6 heteroatoms. The number of rotatable bonds is 1. The molecule has 2 fully saturated rings. The molecule has 1 aromatic rings. The average Bonchev–Trinajstić information content (AvgIpc) is 2.94. The smallest absolute Gasteiger partial charge is 0.419 e. The molecule has 6 nitrogen and oxygen atoms in total. The lowest BCUT2D eigenvalue weighted by atomic mass is 10.1. The van der Waals surface area contributed by atoms with Gasteiger partial charge in [0.25, 0.3) is 0 Å². The van der Waals surface area contributed by atoms with Crippen molar-refractivity contribution in [1.29, 1.82) is 0 Å².